The Labute approximate surface area is 153 Å². The number of anilines is 1. The Morgan fingerprint density at radius 2 is 1.56 bits per heavy atom. The number of benzene rings is 3. The molecule has 27 heavy (non-hydrogen) atoms. The maximum atomic E-state index is 12.6. The summed E-state index contributed by atoms with van der Waals surface area (Å²) in [5, 5.41) is 5.37. The van der Waals surface area contributed by atoms with Gasteiger partial charge in [-0.05, 0) is 24.3 Å². The highest BCUT2D eigenvalue weighted by Crippen LogP contribution is 2.30. The number of furan rings is 1. The van der Waals surface area contributed by atoms with Crippen molar-refractivity contribution in [2.45, 2.75) is 0 Å². The molecule has 2 N–H and O–H groups in total. The summed E-state index contributed by atoms with van der Waals surface area (Å²) in [5.74, 6) is -1.27. The molecule has 0 aliphatic heterocycles. The van der Waals surface area contributed by atoms with Gasteiger partial charge in [-0.3, -0.25) is 9.59 Å². The molecule has 1 amide bonds. The van der Waals surface area contributed by atoms with E-state index in [1.54, 1.807) is 18.3 Å². The molecule has 0 aliphatic rings. The van der Waals surface area contributed by atoms with Crippen molar-refractivity contribution in [2.24, 2.45) is 0 Å². The number of amides is 1. The first-order chi connectivity index (χ1) is 13.2. The fraction of sp³-hybridized carbons (Fsp3) is 0. The summed E-state index contributed by atoms with van der Waals surface area (Å²) in [5.41, 5.74) is 3.13. The van der Waals surface area contributed by atoms with Crippen molar-refractivity contribution in [3.63, 3.8) is 0 Å². The van der Waals surface area contributed by atoms with E-state index < -0.39 is 11.7 Å². The second kappa shape index (κ2) is 5.85. The molecule has 0 radical (unpaired) electrons. The number of ketones is 1. The van der Waals surface area contributed by atoms with Crippen LogP contribution in [0.3, 0.4) is 0 Å². The maximum absolute atomic E-state index is 12.6. The molecule has 0 aliphatic carbocycles. The van der Waals surface area contributed by atoms with E-state index in [2.05, 4.69) is 10.3 Å². The van der Waals surface area contributed by atoms with E-state index in [0.717, 1.165) is 27.3 Å². The number of H-pyrrole nitrogens is 1. The van der Waals surface area contributed by atoms with Gasteiger partial charge in [0.05, 0.1) is 5.56 Å². The second-order valence-electron chi connectivity index (χ2n) is 6.34. The van der Waals surface area contributed by atoms with Crippen LogP contribution in [-0.2, 0) is 4.79 Å². The van der Waals surface area contributed by atoms with Gasteiger partial charge in [0.25, 0.3) is 11.7 Å². The molecule has 0 saturated heterocycles. The third-order valence-electron chi connectivity index (χ3n) is 4.68. The monoisotopic (exact) mass is 354 g/mol. The summed E-state index contributed by atoms with van der Waals surface area (Å²) in [6.07, 6.45) is 1.56. The SMILES string of the molecule is O=C(Nc1ccc2c(c1)oc1ccccc12)C(=O)c1c[nH]c2ccccc12. The van der Waals surface area contributed by atoms with Gasteiger partial charge in [0.15, 0.2) is 0 Å². The minimum atomic E-state index is -0.685. The Hall–Kier alpha value is -3.86. The number of carbonyl (C=O) groups excluding carboxylic acids is 2. The van der Waals surface area contributed by atoms with Gasteiger partial charge in [-0.1, -0.05) is 36.4 Å². The first-order valence-electron chi connectivity index (χ1n) is 8.54. The summed E-state index contributed by atoms with van der Waals surface area (Å²) in [4.78, 5) is 28.0. The average Bonchev–Trinajstić information content (AvgIpc) is 3.28. The van der Waals surface area contributed by atoms with E-state index in [9.17, 15) is 9.59 Å². The van der Waals surface area contributed by atoms with E-state index in [1.165, 1.54) is 0 Å². The van der Waals surface area contributed by atoms with Crippen molar-refractivity contribution in [3.05, 3.63) is 78.5 Å². The van der Waals surface area contributed by atoms with E-state index in [0.29, 0.717) is 16.8 Å². The summed E-state index contributed by atoms with van der Waals surface area (Å²) in [7, 11) is 0. The molecular formula is C22H14N2O3. The molecular weight excluding hydrogens is 340 g/mol. The summed E-state index contributed by atoms with van der Waals surface area (Å²) < 4.78 is 5.82. The van der Waals surface area contributed by atoms with E-state index in [1.807, 2.05) is 54.6 Å². The first kappa shape index (κ1) is 15.4. The Kier molecular flexibility index (Phi) is 3.33. The zero-order chi connectivity index (χ0) is 18.4. The Morgan fingerprint density at radius 3 is 2.44 bits per heavy atom. The minimum Gasteiger partial charge on any atom is -0.456 e. The molecule has 0 spiro atoms. The number of Topliss-reactive ketones (excluding diaryl/α,β-unsaturated/α-hetero) is 1. The second-order valence-corrected chi connectivity index (χ2v) is 6.34. The smallest absolute Gasteiger partial charge is 0.296 e. The number of carbonyl (C=O) groups is 2. The quantitative estimate of drug-likeness (QED) is 0.358. The van der Waals surface area contributed by atoms with Gasteiger partial charge in [0, 0.05) is 39.6 Å². The van der Waals surface area contributed by atoms with Gasteiger partial charge in [-0.2, -0.15) is 0 Å². The number of rotatable bonds is 3. The summed E-state index contributed by atoms with van der Waals surface area (Å²) in [6.45, 7) is 0. The highest BCUT2D eigenvalue weighted by atomic mass is 16.3. The molecule has 0 bridgehead atoms. The number of para-hydroxylation sites is 2. The van der Waals surface area contributed by atoms with E-state index >= 15 is 0 Å². The van der Waals surface area contributed by atoms with Crippen molar-refractivity contribution in [1.82, 2.24) is 4.98 Å². The molecule has 0 saturated carbocycles. The fourth-order valence-electron chi connectivity index (χ4n) is 3.37. The molecule has 5 aromatic rings. The summed E-state index contributed by atoms with van der Waals surface area (Å²) in [6, 6.07) is 20.5. The molecule has 0 atom stereocenters. The first-order valence-corrected chi connectivity index (χ1v) is 8.54. The van der Waals surface area contributed by atoms with Crippen LogP contribution in [0.1, 0.15) is 10.4 Å². The Morgan fingerprint density at radius 1 is 0.815 bits per heavy atom. The predicted octanol–water partition coefficient (Wildman–Crippen LogP) is 4.89. The van der Waals surface area contributed by atoms with Crippen LogP contribution in [-0.4, -0.2) is 16.7 Å². The third-order valence-corrected chi connectivity index (χ3v) is 4.68. The van der Waals surface area contributed by atoms with Crippen LogP contribution >= 0.6 is 0 Å². The standard InChI is InChI=1S/C22H14N2O3/c25-21(17-12-23-18-7-3-1-5-14(17)18)22(26)24-13-9-10-16-15-6-2-4-8-19(15)27-20(16)11-13/h1-12,23H,(H,24,26). The van der Waals surface area contributed by atoms with Crippen molar-refractivity contribution in [2.75, 3.05) is 5.32 Å². The molecule has 0 fully saturated rings. The van der Waals surface area contributed by atoms with Crippen LogP contribution in [0.15, 0.2) is 77.3 Å². The molecule has 5 rings (SSSR count). The lowest BCUT2D eigenvalue weighted by molar-refractivity contribution is -0.112. The minimum absolute atomic E-state index is 0.355. The summed E-state index contributed by atoms with van der Waals surface area (Å²) >= 11 is 0. The molecule has 2 aromatic heterocycles. The van der Waals surface area contributed by atoms with Gasteiger partial charge in [0.2, 0.25) is 0 Å². The Bertz CT molecular complexity index is 1340. The number of hydrogen-bond donors (Lipinski definition) is 2. The number of hydrogen-bond acceptors (Lipinski definition) is 3. The molecule has 2 heterocycles. The highest BCUT2D eigenvalue weighted by molar-refractivity contribution is 6.48. The van der Waals surface area contributed by atoms with Gasteiger partial charge < -0.3 is 14.7 Å². The molecule has 0 unspecified atom stereocenters. The third kappa shape index (κ3) is 2.48. The number of fused-ring (bicyclic) bond motifs is 4. The zero-order valence-corrected chi connectivity index (χ0v) is 14.2. The maximum Gasteiger partial charge on any atom is 0.296 e. The van der Waals surface area contributed by atoms with Crippen molar-refractivity contribution >= 4 is 50.2 Å². The zero-order valence-electron chi connectivity index (χ0n) is 14.2. The fourth-order valence-corrected chi connectivity index (χ4v) is 3.37. The number of aromatic amines is 1. The van der Waals surface area contributed by atoms with Crippen LogP contribution in [0.25, 0.3) is 32.8 Å². The van der Waals surface area contributed by atoms with Gasteiger partial charge in [-0.15, -0.1) is 0 Å². The lowest BCUT2D eigenvalue weighted by atomic mass is 10.1. The van der Waals surface area contributed by atoms with Crippen LogP contribution < -0.4 is 5.32 Å². The molecule has 130 valence electrons. The lowest BCUT2D eigenvalue weighted by Crippen LogP contribution is -2.22. The Balaban J connectivity index is 1.46. The van der Waals surface area contributed by atoms with E-state index in [-0.39, 0.29) is 0 Å². The molecule has 5 nitrogen and oxygen atoms in total. The van der Waals surface area contributed by atoms with Gasteiger partial charge in [-0.25, -0.2) is 0 Å². The average molecular weight is 354 g/mol. The normalized spacial score (nSPS) is 11.3. The number of aromatic nitrogens is 1. The predicted molar refractivity (Wildman–Crippen MR) is 105 cm³/mol. The lowest BCUT2D eigenvalue weighted by Gasteiger charge is -2.04. The van der Waals surface area contributed by atoms with Crippen LogP contribution in [0.5, 0.6) is 0 Å². The van der Waals surface area contributed by atoms with Crippen molar-refractivity contribution < 1.29 is 14.0 Å². The van der Waals surface area contributed by atoms with Crippen molar-refractivity contribution in [1.29, 1.82) is 0 Å². The molecule has 3 aromatic carbocycles. The van der Waals surface area contributed by atoms with Crippen LogP contribution in [0, 0.1) is 0 Å². The number of nitrogens with one attached hydrogen (secondary N) is 2. The van der Waals surface area contributed by atoms with Gasteiger partial charge >= 0.3 is 0 Å². The largest absolute Gasteiger partial charge is 0.456 e. The van der Waals surface area contributed by atoms with Crippen LogP contribution in [0.2, 0.25) is 0 Å². The highest BCUT2D eigenvalue weighted by Gasteiger charge is 2.20. The molecule has 5 heteroatoms. The van der Waals surface area contributed by atoms with E-state index in [4.69, 9.17) is 4.42 Å². The topological polar surface area (TPSA) is 75.1 Å². The van der Waals surface area contributed by atoms with Gasteiger partial charge in [0.1, 0.15) is 11.2 Å². The van der Waals surface area contributed by atoms with Crippen LogP contribution in [0.4, 0.5) is 5.69 Å². The van der Waals surface area contributed by atoms with Crippen molar-refractivity contribution in [3.8, 4) is 0 Å².